The Balaban J connectivity index is 1.65. The van der Waals surface area contributed by atoms with E-state index in [0.717, 1.165) is 31.2 Å². The van der Waals surface area contributed by atoms with E-state index < -0.39 is 5.60 Å². The van der Waals surface area contributed by atoms with E-state index in [-0.39, 0.29) is 12.5 Å². The van der Waals surface area contributed by atoms with Gasteiger partial charge in [-0.05, 0) is 24.3 Å². The summed E-state index contributed by atoms with van der Waals surface area (Å²) in [4.78, 5) is 11.8. The summed E-state index contributed by atoms with van der Waals surface area (Å²) in [5, 5.41) is 13.2. The minimum absolute atomic E-state index is 0.0283. The van der Waals surface area contributed by atoms with Crippen molar-refractivity contribution < 1.29 is 14.6 Å². The molecule has 2 N–H and O–H groups in total. The van der Waals surface area contributed by atoms with Gasteiger partial charge in [0.15, 0.2) is 0 Å². The molecule has 1 saturated carbocycles. The number of hydrogen-bond acceptors (Lipinski definition) is 3. The van der Waals surface area contributed by atoms with Crippen LogP contribution in [0.4, 0.5) is 0 Å². The second-order valence-electron chi connectivity index (χ2n) is 6.18. The van der Waals surface area contributed by atoms with Crippen molar-refractivity contribution in [2.24, 2.45) is 5.92 Å². The van der Waals surface area contributed by atoms with Crippen molar-refractivity contribution in [1.82, 2.24) is 5.32 Å². The first kappa shape index (κ1) is 16.0. The maximum atomic E-state index is 11.8. The maximum absolute atomic E-state index is 11.8. The summed E-state index contributed by atoms with van der Waals surface area (Å²) in [6.07, 6.45) is 3.72. The molecule has 0 spiro atoms. The largest absolute Gasteiger partial charge is 0.388 e. The number of rotatable bonds is 6. The van der Waals surface area contributed by atoms with Gasteiger partial charge in [-0.3, -0.25) is 4.79 Å². The van der Waals surface area contributed by atoms with Gasteiger partial charge in [0.2, 0.25) is 5.91 Å². The molecule has 2 unspecified atom stereocenters. The summed E-state index contributed by atoms with van der Waals surface area (Å²) < 4.78 is 5.38. The number of ether oxygens (including phenoxy) is 1. The second-order valence-corrected chi connectivity index (χ2v) is 6.18. The zero-order valence-electron chi connectivity index (χ0n) is 12.7. The first-order chi connectivity index (χ1) is 10.1. The van der Waals surface area contributed by atoms with E-state index in [1.807, 2.05) is 30.3 Å². The highest BCUT2D eigenvalue weighted by Gasteiger charge is 2.32. The molecule has 1 amide bonds. The Morgan fingerprint density at radius 1 is 1.43 bits per heavy atom. The third-order valence-electron chi connectivity index (χ3n) is 4.03. The molecule has 2 rings (SSSR count). The number of nitrogens with one attached hydrogen (secondary N) is 1. The summed E-state index contributed by atoms with van der Waals surface area (Å²) >= 11 is 0. The van der Waals surface area contributed by atoms with Crippen molar-refractivity contribution >= 4 is 5.91 Å². The predicted octanol–water partition coefficient (Wildman–Crippen LogP) is 2.26. The fourth-order valence-corrected chi connectivity index (χ4v) is 2.94. The van der Waals surface area contributed by atoms with Crippen molar-refractivity contribution in [2.45, 2.75) is 44.8 Å². The molecule has 1 aliphatic rings. The standard InChI is InChI=1S/C17H25NO3/c1-14-6-5-9-17(20,10-14)13-18-16(19)12-21-11-15-7-3-2-4-8-15/h2-4,7-8,14,20H,5-6,9-13H2,1H3,(H,18,19). The van der Waals surface area contributed by atoms with Crippen LogP contribution in [0, 0.1) is 5.92 Å². The fourth-order valence-electron chi connectivity index (χ4n) is 2.94. The van der Waals surface area contributed by atoms with Gasteiger partial charge in [-0.1, -0.05) is 50.1 Å². The van der Waals surface area contributed by atoms with Crippen molar-refractivity contribution in [2.75, 3.05) is 13.2 Å². The molecule has 1 fully saturated rings. The van der Waals surface area contributed by atoms with Gasteiger partial charge in [0, 0.05) is 6.54 Å². The van der Waals surface area contributed by atoms with Gasteiger partial charge in [-0.25, -0.2) is 0 Å². The van der Waals surface area contributed by atoms with E-state index in [0.29, 0.717) is 19.1 Å². The molecule has 0 aromatic heterocycles. The van der Waals surface area contributed by atoms with E-state index in [4.69, 9.17) is 4.74 Å². The summed E-state index contributed by atoms with van der Waals surface area (Å²) in [5.74, 6) is 0.354. The first-order valence-corrected chi connectivity index (χ1v) is 7.68. The minimum Gasteiger partial charge on any atom is -0.388 e. The molecular formula is C17H25NO3. The van der Waals surface area contributed by atoms with Crippen molar-refractivity contribution in [3.05, 3.63) is 35.9 Å². The van der Waals surface area contributed by atoms with Gasteiger partial charge in [0.25, 0.3) is 0 Å². The first-order valence-electron chi connectivity index (χ1n) is 7.68. The molecule has 0 radical (unpaired) electrons. The molecule has 116 valence electrons. The SMILES string of the molecule is CC1CCCC(O)(CNC(=O)COCc2ccccc2)C1. The maximum Gasteiger partial charge on any atom is 0.246 e. The van der Waals surface area contributed by atoms with Crippen LogP contribution in [0.5, 0.6) is 0 Å². The van der Waals surface area contributed by atoms with Crippen LogP contribution in [-0.2, 0) is 16.1 Å². The summed E-state index contributed by atoms with van der Waals surface area (Å²) in [5.41, 5.74) is 0.303. The summed E-state index contributed by atoms with van der Waals surface area (Å²) in [7, 11) is 0. The smallest absolute Gasteiger partial charge is 0.246 e. The van der Waals surface area contributed by atoms with Gasteiger partial charge < -0.3 is 15.2 Å². The van der Waals surface area contributed by atoms with Crippen LogP contribution in [0.15, 0.2) is 30.3 Å². The molecule has 1 aromatic carbocycles. The minimum atomic E-state index is -0.743. The van der Waals surface area contributed by atoms with Gasteiger partial charge in [-0.2, -0.15) is 0 Å². The summed E-state index contributed by atoms with van der Waals surface area (Å²) in [6.45, 7) is 2.93. The lowest BCUT2D eigenvalue weighted by Gasteiger charge is -2.35. The van der Waals surface area contributed by atoms with Crippen LogP contribution in [0.3, 0.4) is 0 Å². The Hall–Kier alpha value is -1.39. The Labute approximate surface area is 126 Å². The molecule has 1 aromatic rings. The summed E-state index contributed by atoms with van der Waals surface area (Å²) in [6, 6.07) is 9.76. The van der Waals surface area contributed by atoms with E-state index in [1.54, 1.807) is 0 Å². The average Bonchev–Trinajstić information content (AvgIpc) is 2.46. The lowest BCUT2D eigenvalue weighted by Crippen LogP contribution is -2.46. The van der Waals surface area contributed by atoms with Crippen LogP contribution in [-0.4, -0.2) is 29.8 Å². The molecule has 1 aliphatic carbocycles. The third kappa shape index (κ3) is 5.48. The zero-order chi connectivity index (χ0) is 15.1. The van der Waals surface area contributed by atoms with Crippen LogP contribution in [0.2, 0.25) is 0 Å². The highest BCUT2D eigenvalue weighted by atomic mass is 16.5. The molecule has 2 atom stereocenters. The third-order valence-corrected chi connectivity index (χ3v) is 4.03. The zero-order valence-corrected chi connectivity index (χ0v) is 12.7. The Morgan fingerprint density at radius 3 is 2.90 bits per heavy atom. The fraction of sp³-hybridized carbons (Fsp3) is 0.588. The Bertz CT molecular complexity index is 449. The normalized spacial score (nSPS) is 25.5. The number of benzene rings is 1. The number of carbonyl (C=O) groups excluding carboxylic acids is 1. The van der Waals surface area contributed by atoms with E-state index in [1.165, 1.54) is 0 Å². The molecule has 4 heteroatoms. The number of amides is 1. The lowest BCUT2D eigenvalue weighted by atomic mass is 9.79. The van der Waals surface area contributed by atoms with E-state index >= 15 is 0 Å². The van der Waals surface area contributed by atoms with Crippen LogP contribution in [0.1, 0.15) is 38.2 Å². The molecule has 0 bridgehead atoms. The molecule has 21 heavy (non-hydrogen) atoms. The van der Waals surface area contributed by atoms with E-state index in [2.05, 4.69) is 12.2 Å². The number of aliphatic hydroxyl groups is 1. The van der Waals surface area contributed by atoms with Gasteiger partial charge in [-0.15, -0.1) is 0 Å². The lowest BCUT2D eigenvalue weighted by molar-refractivity contribution is -0.128. The predicted molar refractivity (Wildman–Crippen MR) is 81.7 cm³/mol. The van der Waals surface area contributed by atoms with Crippen molar-refractivity contribution in [3.63, 3.8) is 0 Å². The van der Waals surface area contributed by atoms with Gasteiger partial charge >= 0.3 is 0 Å². The quantitative estimate of drug-likeness (QED) is 0.845. The van der Waals surface area contributed by atoms with Crippen molar-refractivity contribution in [3.8, 4) is 0 Å². The second kappa shape index (κ2) is 7.57. The highest BCUT2D eigenvalue weighted by molar-refractivity contribution is 5.77. The molecular weight excluding hydrogens is 266 g/mol. The highest BCUT2D eigenvalue weighted by Crippen LogP contribution is 2.31. The Kier molecular flexibility index (Phi) is 5.76. The molecule has 0 heterocycles. The number of hydrogen-bond donors (Lipinski definition) is 2. The molecule has 0 aliphatic heterocycles. The van der Waals surface area contributed by atoms with Crippen molar-refractivity contribution in [1.29, 1.82) is 0 Å². The topological polar surface area (TPSA) is 58.6 Å². The molecule has 4 nitrogen and oxygen atoms in total. The van der Waals surface area contributed by atoms with E-state index in [9.17, 15) is 9.90 Å². The van der Waals surface area contributed by atoms with Crippen LogP contribution >= 0.6 is 0 Å². The monoisotopic (exact) mass is 291 g/mol. The van der Waals surface area contributed by atoms with Crippen LogP contribution < -0.4 is 5.32 Å². The average molecular weight is 291 g/mol. The number of carbonyl (C=O) groups is 1. The molecule has 0 saturated heterocycles. The van der Waals surface area contributed by atoms with Crippen LogP contribution in [0.25, 0.3) is 0 Å². The Morgan fingerprint density at radius 2 is 2.19 bits per heavy atom. The van der Waals surface area contributed by atoms with Gasteiger partial charge in [0.05, 0.1) is 12.2 Å². The van der Waals surface area contributed by atoms with Gasteiger partial charge in [0.1, 0.15) is 6.61 Å².